The van der Waals surface area contributed by atoms with Crippen LogP contribution in [0.5, 0.6) is 0 Å². The van der Waals surface area contributed by atoms with E-state index in [1.54, 1.807) is 10.8 Å². The van der Waals surface area contributed by atoms with Crippen molar-refractivity contribution in [1.82, 2.24) is 35.2 Å². The Kier molecular flexibility index (Phi) is 5.65. The number of carbonyl (C=O) groups excluding carboxylic acids is 1. The molecule has 0 radical (unpaired) electrons. The zero-order valence-electron chi connectivity index (χ0n) is 20.9. The smallest absolute Gasteiger partial charge is 0.325 e. The molecule has 10 heteroatoms. The van der Waals surface area contributed by atoms with Gasteiger partial charge in [-0.1, -0.05) is 6.07 Å². The molecule has 1 aromatic carbocycles. The van der Waals surface area contributed by atoms with Gasteiger partial charge in [-0.2, -0.15) is 10.2 Å². The van der Waals surface area contributed by atoms with E-state index in [0.717, 1.165) is 61.4 Å². The van der Waals surface area contributed by atoms with Crippen LogP contribution in [0.4, 0.5) is 13.6 Å². The van der Waals surface area contributed by atoms with Crippen molar-refractivity contribution in [2.75, 3.05) is 6.54 Å². The van der Waals surface area contributed by atoms with Crippen molar-refractivity contribution >= 4 is 6.03 Å². The lowest BCUT2D eigenvalue weighted by molar-refractivity contribution is 0.101. The third-order valence-corrected chi connectivity index (χ3v) is 8.58. The van der Waals surface area contributed by atoms with Crippen molar-refractivity contribution in [3.63, 3.8) is 0 Å². The molecule has 7 rings (SSSR count). The fourth-order valence-electron chi connectivity index (χ4n) is 6.62. The number of rotatable bonds is 4. The van der Waals surface area contributed by atoms with Crippen LogP contribution in [0.25, 0.3) is 11.3 Å². The van der Waals surface area contributed by atoms with Crippen LogP contribution in [0.1, 0.15) is 49.3 Å². The van der Waals surface area contributed by atoms with E-state index >= 15 is 0 Å². The van der Waals surface area contributed by atoms with Crippen LogP contribution >= 0.6 is 0 Å². The molecule has 0 aromatic heterocycles. The minimum absolute atomic E-state index is 0.0456. The van der Waals surface area contributed by atoms with E-state index in [1.165, 1.54) is 18.2 Å². The number of carbonyl (C=O) groups is 1. The molecule has 2 fully saturated rings. The van der Waals surface area contributed by atoms with Crippen molar-refractivity contribution < 1.29 is 13.6 Å². The van der Waals surface area contributed by atoms with Gasteiger partial charge in [0.25, 0.3) is 0 Å². The van der Waals surface area contributed by atoms with E-state index in [1.807, 2.05) is 24.7 Å². The molecule has 2 N–H and O–H groups in total. The molecule has 6 heterocycles. The number of nitrogens with one attached hydrogen (secondary N) is 2. The monoisotopic (exact) mass is 517 g/mol. The van der Waals surface area contributed by atoms with Gasteiger partial charge in [0.05, 0.1) is 11.4 Å². The predicted octanol–water partition coefficient (Wildman–Crippen LogP) is 4.12. The molecule has 6 aliphatic heterocycles. The molecule has 4 atom stereocenters. The molecule has 8 nitrogen and oxygen atoms in total. The van der Waals surface area contributed by atoms with Crippen molar-refractivity contribution in [1.29, 1.82) is 0 Å². The molecule has 2 bridgehead atoms. The normalized spacial score (nSPS) is 26.4. The highest BCUT2D eigenvalue weighted by molar-refractivity contribution is 5.79. The third kappa shape index (κ3) is 3.94. The fraction of sp³-hybridized carbons (Fsp3) is 0.393. The van der Waals surface area contributed by atoms with Crippen molar-refractivity contribution in [2.45, 2.75) is 62.7 Å². The summed E-state index contributed by atoms with van der Waals surface area (Å²) >= 11 is 0. The zero-order valence-corrected chi connectivity index (χ0v) is 20.9. The molecule has 6 aliphatic rings. The lowest BCUT2D eigenvalue weighted by Crippen LogP contribution is -2.54. The first-order valence-corrected chi connectivity index (χ1v) is 13.3. The number of aromatic nitrogens is 3. The number of pyridine rings is 1. The molecule has 0 aliphatic carbocycles. The van der Waals surface area contributed by atoms with Crippen LogP contribution in [0.3, 0.4) is 0 Å². The number of amides is 1. The van der Waals surface area contributed by atoms with E-state index in [4.69, 9.17) is 0 Å². The molecule has 2 saturated heterocycles. The van der Waals surface area contributed by atoms with Gasteiger partial charge in [-0.3, -0.25) is 9.47 Å². The second kappa shape index (κ2) is 9.20. The SMILES string of the molecule is O=C(NC1CCC2CCC1N2Cc1c(F)cccc1F)n1ccc2nnc(C3CC=C4NC=CN4C3)c-2c1. The van der Waals surface area contributed by atoms with Gasteiger partial charge in [0.2, 0.25) is 0 Å². The lowest BCUT2D eigenvalue weighted by Gasteiger charge is -2.40. The van der Waals surface area contributed by atoms with E-state index in [0.29, 0.717) is 0 Å². The van der Waals surface area contributed by atoms with Gasteiger partial charge in [-0.15, -0.1) is 0 Å². The number of hydrogen-bond donors (Lipinski definition) is 2. The minimum atomic E-state index is -0.520. The maximum atomic E-state index is 14.4. The third-order valence-electron chi connectivity index (χ3n) is 8.58. The predicted molar refractivity (Wildman–Crippen MR) is 137 cm³/mol. The molecule has 1 aromatic rings. The summed E-state index contributed by atoms with van der Waals surface area (Å²) in [4.78, 5) is 17.7. The number of halogens is 2. The molecule has 0 spiro atoms. The van der Waals surface area contributed by atoms with Gasteiger partial charge in [0.1, 0.15) is 17.5 Å². The first-order valence-electron chi connectivity index (χ1n) is 13.3. The number of hydrogen-bond acceptors (Lipinski definition) is 6. The summed E-state index contributed by atoms with van der Waals surface area (Å²) < 4.78 is 30.3. The van der Waals surface area contributed by atoms with Crippen LogP contribution in [-0.4, -0.2) is 55.3 Å². The van der Waals surface area contributed by atoms with Gasteiger partial charge < -0.3 is 15.5 Å². The number of allylic oxidation sites excluding steroid dienone is 1. The molecule has 0 saturated carbocycles. The van der Waals surface area contributed by atoms with E-state index in [2.05, 4.69) is 36.7 Å². The average Bonchev–Trinajstić information content (AvgIpc) is 3.63. The Morgan fingerprint density at radius 1 is 1.11 bits per heavy atom. The van der Waals surface area contributed by atoms with Gasteiger partial charge in [-0.05, 0) is 56.4 Å². The number of piperidine rings is 1. The average molecular weight is 518 g/mol. The Morgan fingerprint density at radius 3 is 2.82 bits per heavy atom. The molecule has 38 heavy (non-hydrogen) atoms. The summed E-state index contributed by atoms with van der Waals surface area (Å²) in [5.74, 6) is 0.226. The van der Waals surface area contributed by atoms with Crippen LogP contribution in [0, 0.1) is 11.6 Å². The van der Waals surface area contributed by atoms with Crippen LogP contribution in [-0.2, 0) is 6.54 Å². The Hall–Kier alpha value is -3.79. The summed E-state index contributed by atoms with van der Waals surface area (Å²) in [6, 6.07) is 5.84. The molecular formula is C28H29F2N7O. The van der Waals surface area contributed by atoms with Crippen molar-refractivity contribution in [3.8, 4) is 11.3 Å². The van der Waals surface area contributed by atoms with Gasteiger partial charge >= 0.3 is 6.03 Å². The summed E-state index contributed by atoms with van der Waals surface area (Å²) in [7, 11) is 0. The number of fused-ring (bicyclic) bond motifs is 4. The Bertz CT molecular complexity index is 1400. The summed E-state index contributed by atoms with van der Waals surface area (Å²) in [5, 5.41) is 15.3. The molecular weight excluding hydrogens is 488 g/mol. The summed E-state index contributed by atoms with van der Waals surface area (Å²) in [5.41, 5.74) is 2.64. The minimum Gasteiger partial charge on any atom is -0.347 e. The van der Waals surface area contributed by atoms with Crippen molar-refractivity contribution in [2.24, 2.45) is 0 Å². The van der Waals surface area contributed by atoms with Crippen molar-refractivity contribution in [3.05, 3.63) is 83.8 Å². The highest BCUT2D eigenvalue weighted by Gasteiger charge is 2.43. The van der Waals surface area contributed by atoms with Crippen LogP contribution < -0.4 is 10.6 Å². The zero-order chi connectivity index (χ0) is 25.8. The molecule has 1 amide bonds. The maximum Gasteiger partial charge on any atom is 0.325 e. The molecule has 4 unspecified atom stereocenters. The van der Waals surface area contributed by atoms with Crippen LogP contribution in [0.2, 0.25) is 0 Å². The number of benzene rings is 1. The molecule has 196 valence electrons. The summed E-state index contributed by atoms with van der Waals surface area (Å²) in [6.07, 6.45) is 14.1. The Morgan fingerprint density at radius 2 is 1.95 bits per heavy atom. The Labute approximate surface area is 219 Å². The lowest BCUT2D eigenvalue weighted by atomic mass is 9.94. The maximum absolute atomic E-state index is 14.4. The van der Waals surface area contributed by atoms with E-state index in [9.17, 15) is 13.6 Å². The first kappa shape index (κ1) is 23.3. The van der Waals surface area contributed by atoms with Gasteiger partial charge in [-0.25, -0.2) is 13.6 Å². The topological polar surface area (TPSA) is 78.3 Å². The van der Waals surface area contributed by atoms with Crippen LogP contribution in [0.15, 0.2) is 61.0 Å². The highest BCUT2D eigenvalue weighted by Crippen LogP contribution is 2.38. The largest absolute Gasteiger partial charge is 0.347 e. The first-order chi connectivity index (χ1) is 18.5. The Balaban J connectivity index is 1.09. The van der Waals surface area contributed by atoms with Gasteiger partial charge in [0.15, 0.2) is 0 Å². The quantitative estimate of drug-likeness (QED) is 0.542. The summed E-state index contributed by atoms with van der Waals surface area (Å²) in [6.45, 7) is 1.01. The number of nitrogens with zero attached hydrogens (tertiary/aromatic N) is 5. The second-order valence-corrected chi connectivity index (χ2v) is 10.7. The fourth-order valence-corrected chi connectivity index (χ4v) is 6.62. The van der Waals surface area contributed by atoms with E-state index in [-0.39, 0.29) is 42.2 Å². The standard InChI is InChI=1S/C28H29F2N7O/c29-21-2-1-3-22(30)19(21)16-37-18-5-7-24(25(37)8-6-18)32-28(38)36-12-10-23-20(15-36)27(34-33-23)17-4-9-26-31-11-13-35(26)14-17/h1-3,9-13,15,17-18,24-25,31H,4-8,14,16H2,(H,32,38). The van der Waals surface area contributed by atoms with E-state index < -0.39 is 11.6 Å². The second-order valence-electron chi connectivity index (χ2n) is 10.7. The van der Waals surface area contributed by atoms with Gasteiger partial charge in [0, 0.05) is 73.1 Å². The highest BCUT2D eigenvalue weighted by atomic mass is 19.1.